The minimum atomic E-state index is -4.41. The third-order valence-electron chi connectivity index (χ3n) is 6.59. The van der Waals surface area contributed by atoms with Crippen LogP contribution in [0.3, 0.4) is 0 Å². The van der Waals surface area contributed by atoms with E-state index in [1.165, 1.54) is 12.5 Å². The average Bonchev–Trinajstić information content (AvgIpc) is 3.35. The van der Waals surface area contributed by atoms with E-state index in [0.717, 1.165) is 44.5 Å². The molecule has 1 aromatic rings. The van der Waals surface area contributed by atoms with E-state index < -0.39 is 17.2 Å². The highest BCUT2D eigenvalue weighted by atomic mass is 19.4. The summed E-state index contributed by atoms with van der Waals surface area (Å²) in [5.41, 5.74) is -1.09. The van der Waals surface area contributed by atoms with Gasteiger partial charge in [0.05, 0.1) is 23.7 Å². The highest BCUT2D eigenvalue weighted by Gasteiger charge is 2.44. The zero-order valence-corrected chi connectivity index (χ0v) is 15.9. The number of benzene rings is 1. The molecule has 4 rings (SSSR count). The minimum Gasteiger partial charge on any atom is -0.373 e. The Bertz CT molecular complexity index is 716. The lowest BCUT2D eigenvalue weighted by molar-refractivity contribution is -0.138. The van der Waals surface area contributed by atoms with Crippen LogP contribution in [0.5, 0.6) is 0 Å². The van der Waals surface area contributed by atoms with E-state index in [4.69, 9.17) is 4.74 Å². The van der Waals surface area contributed by atoms with Crippen LogP contribution in [0, 0.1) is 0 Å². The summed E-state index contributed by atoms with van der Waals surface area (Å²) in [7, 11) is 0. The van der Waals surface area contributed by atoms with Gasteiger partial charge < -0.3 is 10.1 Å². The molecule has 0 aromatic heterocycles. The molecule has 2 heterocycles. The molecule has 4 nitrogen and oxygen atoms in total. The van der Waals surface area contributed by atoms with Gasteiger partial charge in [0, 0.05) is 19.1 Å². The number of alkyl halides is 3. The monoisotopic (exact) mass is 396 g/mol. The Morgan fingerprint density at radius 2 is 2.04 bits per heavy atom. The number of hydrogen-bond acceptors (Lipinski definition) is 3. The minimum absolute atomic E-state index is 0.0572. The highest BCUT2D eigenvalue weighted by Crippen LogP contribution is 2.43. The van der Waals surface area contributed by atoms with Crippen molar-refractivity contribution >= 4 is 5.91 Å². The molecule has 3 aliphatic rings. The summed E-state index contributed by atoms with van der Waals surface area (Å²) in [4.78, 5) is 15.6. The van der Waals surface area contributed by atoms with Gasteiger partial charge in [-0.1, -0.05) is 31.0 Å². The number of nitrogens with zero attached hydrogens (tertiary/aromatic N) is 1. The number of halogens is 3. The molecule has 2 aliphatic heterocycles. The molecule has 2 atom stereocenters. The highest BCUT2D eigenvalue weighted by molar-refractivity contribution is 5.88. The number of morpholine rings is 1. The lowest BCUT2D eigenvalue weighted by atomic mass is 9.77. The number of hydrogen-bond donors (Lipinski definition) is 1. The first-order valence-corrected chi connectivity index (χ1v) is 10.2. The molecule has 28 heavy (non-hydrogen) atoms. The van der Waals surface area contributed by atoms with Gasteiger partial charge in [-0.2, -0.15) is 13.2 Å². The largest absolute Gasteiger partial charge is 0.416 e. The summed E-state index contributed by atoms with van der Waals surface area (Å²) in [5.74, 6) is -0.170. The normalized spacial score (nSPS) is 27.5. The summed E-state index contributed by atoms with van der Waals surface area (Å²) >= 11 is 0. The number of carbonyl (C=O) groups is 1. The van der Waals surface area contributed by atoms with E-state index in [9.17, 15) is 18.0 Å². The summed E-state index contributed by atoms with van der Waals surface area (Å²) in [6.07, 6.45) is 0.744. The number of rotatable bonds is 4. The van der Waals surface area contributed by atoms with Crippen LogP contribution < -0.4 is 5.32 Å². The first kappa shape index (κ1) is 19.7. The number of amides is 1. The lowest BCUT2D eigenvalue weighted by Crippen LogP contribution is -2.52. The molecule has 0 radical (unpaired) electrons. The van der Waals surface area contributed by atoms with Crippen LogP contribution in [-0.4, -0.2) is 49.2 Å². The molecule has 154 valence electrons. The van der Waals surface area contributed by atoms with Gasteiger partial charge in [-0.05, 0) is 43.9 Å². The molecule has 1 N–H and O–H groups in total. The third-order valence-corrected chi connectivity index (χ3v) is 6.59. The van der Waals surface area contributed by atoms with Crippen LogP contribution in [0.25, 0.3) is 0 Å². The maximum atomic E-state index is 13.2. The zero-order valence-electron chi connectivity index (χ0n) is 15.9. The fourth-order valence-electron chi connectivity index (χ4n) is 5.00. The maximum Gasteiger partial charge on any atom is 0.416 e. The fraction of sp³-hybridized carbons (Fsp3) is 0.667. The Balaban J connectivity index is 1.46. The van der Waals surface area contributed by atoms with Crippen LogP contribution in [-0.2, 0) is 21.1 Å². The molecule has 1 aliphatic carbocycles. The first-order valence-electron chi connectivity index (χ1n) is 10.2. The molecule has 0 spiro atoms. The first-order chi connectivity index (χ1) is 13.4. The standard InChI is InChI=1S/C21H27F3N2O2/c22-21(23,24)16-6-3-5-15(11-16)20(8-1-2-9-20)19(27)25-12-18-13-26-10-4-7-17(26)14-28-18/h3,5-6,11,17-18H,1-2,4,7-10,12-14H2,(H,25,27). The van der Waals surface area contributed by atoms with Gasteiger partial charge in [0.15, 0.2) is 0 Å². The van der Waals surface area contributed by atoms with Crippen molar-refractivity contribution in [1.29, 1.82) is 0 Å². The molecule has 0 bridgehead atoms. The summed E-state index contributed by atoms with van der Waals surface area (Å²) in [6.45, 7) is 2.98. The van der Waals surface area contributed by atoms with E-state index in [0.29, 0.717) is 37.6 Å². The van der Waals surface area contributed by atoms with E-state index >= 15 is 0 Å². The van der Waals surface area contributed by atoms with E-state index in [1.54, 1.807) is 6.07 Å². The van der Waals surface area contributed by atoms with E-state index in [-0.39, 0.29) is 12.0 Å². The van der Waals surface area contributed by atoms with E-state index in [2.05, 4.69) is 10.2 Å². The molecule has 1 aromatic carbocycles. The van der Waals surface area contributed by atoms with Crippen molar-refractivity contribution in [1.82, 2.24) is 10.2 Å². The molecule has 2 unspecified atom stereocenters. The average molecular weight is 396 g/mol. The van der Waals surface area contributed by atoms with Crippen LogP contribution in [0.1, 0.15) is 49.7 Å². The van der Waals surface area contributed by atoms with Crippen molar-refractivity contribution in [3.8, 4) is 0 Å². The maximum absolute atomic E-state index is 13.2. The number of fused-ring (bicyclic) bond motifs is 1. The topological polar surface area (TPSA) is 41.6 Å². The van der Waals surface area contributed by atoms with Crippen molar-refractivity contribution < 1.29 is 22.7 Å². The Kier molecular flexibility index (Phi) is 5.40. The Labute approximate surface area is 163 Å². The molecular weight excluding hydrogens is 369 g/mol. The number of nitrogens with one attached hydrogen (secondary N) is 1. The van der Waals surface area contributed by atoms with Crippen molar-refractivity contribution in [2.45, 2.75) is 62.3 Å². The van der Waals surface area contributed by atoms with Crippen molar-refractivity contribution in [2.24, 2.45) is 0 Å². The van der Waals surface area contributed by atoms with Gasteiger partial charge in [-0.25, -0.2) is 0 Å². The van der Waals surface area contributed by atoms with Crippen molar-refractivity contribution in [2.75, 3.05) is 26.2 Å². The second-order valence-electron chi connectivity index (χ2n) is 8.32. The summed E-state index contributed by atoms with van der Waals surface area (Å²) in [5, 5.41) is 3.00. The molecule has 3 fully saturated rings. The quantitative estimate of drug-likeness (QED) is 0.847. The predicted octanol–water partition coefficient (Wildman–Crippen LogP) is 3.50. The fourth-order valence-corrected chi connectivity index (χ4v) is 5.00. The van der Waals surface area contributed by atoms with Crippen LogP contribution in [0.15, 0.2) is 24.3 Å². The van der Waals surface area contributed by atoms with Crippen LogP contribution in [0.4, 0.5) is 13.2 Å². The molecule has 7 heteroatoms. The summed E-state index contributed by atoms with van der Waals surface area (Å²) in [6, 6.07) is 5.77. The van der Waals surface area contributed by atoms with Gasteiger partial charge in [-0.15, -0.1) is 0 Å². The Morgan fingerprint density at radius 3 is 2.79 bits per heavy atom. The van der Waals surface area contributed by atoms with Gasteiger partial charge in [0.1, 0.15) is 0 Å². The zero-order chi connectivity index (χ0) is 19.8. The van der Waals surface area contributed by atoms with Gasteiger partial charge in [0.25, 0.3) is 0 Å². The predicted molar refractivity (Wildman–Crippen MR) is 98.9 cm³/mol. The van der Waals surface area contributed by atoms with Crippen molar-refractivity contribution in [3.05, 3.63) is 35.4 Å². The molecular formula is C21H27F3N2O2. The number of carbonyl (C=O) groups excluding carboxylic acids is 1. The Morgan fingerprint density at radius 1 is 1.25 bits per heavy atom. The number of ether oxygens (including phenoxy) is 1. The second kappa shape index (κ2) is 7.67. The van der Waals surface area contributed by atoms with Crippen LogP contribution >= 0.6 is 0 Å². The van der Waals surface area contributed by atoms with Crippen LogP contribution in [0.2, 0.25) is 0 Å². The molecule has 1 amide bonds. The van der Waals surface area contributed by atoms with Crippen molar-refractivity contribution in [3.63, 3.8) is 0 Å². The second-order valence-corrected chi connectivity index (χ2v) is 8.32. The van der Waals surface area contributed by atoms with E-state index in [1.807, 2.05) is 0 Å². The summed E-state index contributed by atoms with van der Waals surface area (Å²) < 4.78 is 45.4. The smallest absolute Gasteiger partial charge is 0.373 e. The Hall–Kier alpha value is -1.60. The third kappa shape index (κ3) is 3.79. The molecule has 2 saturated heterocycles. The lowest BCUT2D eigenvalue weighted by Gasteiger charge is -2.36. The molecule has 1 saturated carbocycles. The SMILES string of the molecule is O=C(NCC1CN2CCCC2CO1)C1(c2cccc(C(F)(F)F)c2)CCCC1. The van der Waals surface area contributed by atoms with Gasteiger partial charge in [-0.3, -0.25) is 9.69 Å². The van der Waals surface area contributed by atoms with Gasteiger partial charge >= 0.3 is 6.18 Å². The van der Waals surface area contributed by atoms with Gasteiger partial charge in [0.2, 0.25) is 5.91 Å².